The maximum atomic E-state index is 13.6. The van der Waals surface area contributed by atoms with Gasteiger partial charge in [-0.3, -0.25) is 9.69 Å². The maximum Gasteiger partial charge on any atom is 0.260 e. The van der Waals surface area contributed by atoms with Gasteiger partial charge in [0.1, 0.15) is 5.75 Å². The average Bonchev–Trinajstić information content (AvgIpc) is 3.15. The molecule has 4 aromatic rings. The van der Waals surface area contributed by atoms with Crippen LogP contribution in [-0.4, -0.2) is 17.5 Å². The van der Waals surface area contributed by atoms with Gasteiger partial charge in [-0.05, 0) is 56.7 Å². The van der Waals surface area contributed by atoms with Gasteiger partial charge in [0.15, 0.2) is 5.13 Å². The SMILES string of the molecule is CCOc1ccc2nc(N(Cc3ccccc3)C(=O)c3cc(C)cc(C)c3)sc2c1. The van der Waals surface area contributed by atoms with E-state index in [1.54, 1.807) is 4.90 Å². The Morgan fingerprint density at radius 1 is 1.00 bits per heavy atom. The van der Waals surface area contributed by atoms with Crippen LogP contribution in [0.2, 0.25) is 0 Å². The van der Waals surface area contributed by atoms with Crippen molar-refractivity contribution in [2.24, 2.45) is 0 Å². The van der Waals surface area contributed by atoms with Crippen molar-refractivity contribution in [2.75, 3.05) is 11.5 Å². The van der Waals surface area contributed by atoms with Crippen LogP contribution in [-0.2, 0) is 6.54 Å². The average molecular weight is 417 g/mol. The van der Waals surface area contributed by atoms with Gasteiger partial charge in [0.2, 0.25) is 0 Å². The lowest BCUT2D eigenvalue weighted by Crippen LogP contribution is -2.30. The molecule has 0 aliphatic heterocycles. The van der Waals surface area contributed by atoms with Gasteiger partial charge in [-0.2, -0.15) is 0 Å². The van der Waals surface area contributed by atoms with Crippen LogP contribution in [0.15, 0.2) is 66.7 Å². The number of fused-ring (bicyclic) bond motifs is 1. The summed E-state index contributed by atoms with van der Waals surface area (Å²) in [6.45, 7) is 7.07. The van der Waals surface area contributed by atoms with E-state index < -0.39 is 0 Å². The molecule has 0 aliphatic rings. The number of rotatable bonds is 6. The zero-order valence-electron chi connectivity index (χ0n) is 17.4. The Morgan fingerprint density at radius 2 is 1.73 bits per heavy atom. The van der Waals surface area contributed by atoms with Crippen molar-refractivity contribution in [3.05, 3.63) is 89.0 Å². The largest absolute Gasteiger partial charge is 0.494 e. The number of amides is 1. The molecule has 0 aliphatic carbocycles. The molecule has 0 spiro atoms. The molecule has 0 N–H and O–H groups in total. The molecular weight excluding hydrogens is 392 g/mol. The number of carbonyl (C=O) groups excluding carboxylic acids is 1. The molecule has 1 amide bonds. The van der Waals surface area contributed by atoms with Crippen LogP contribution in [0.1, 0.15) is 34.0 Å². The quantitative estimate of drug-likeness (QED) is 0.378. The normalized spacial score (nSPS) is 10.9. The summed E-state index contributed by atoms with van der Waals surface area (Å²) in [5, 5.41) is 0.687. The van der Waals surface area contributed by atoms with Crippen molar-refractivity contribution in [3.63, 3.8) is 0 Å². The number of hydrogen-bond donors (Lipinski definition) is 0. The van der Waals surface area contributed by atoms with Gasteiger partial charge in [0.05, 0.1) is 23.4 Å². The van der Waals surface area contributed by atoms with E-state index >= 15 is 0 Å². The van der Waals surface area contributed by atoms with Crippen molar-refractivity contribution < 1.29 is 9.53 Å². The van der Waals surface area contributed by atoms with Gasteiger partial charge in [-0.15, -0.1) is 0 Å². The highest BCUT2D eigenvalue weighted by atomic mass is 32.1. The molecule has 3 aromatic carbocycles. The highest BCUT2D eigenvalue weighted by Crippen LogP contribution is 2.33. The maximum absolute atomic E-state index is 13.6. The summed E-state index contributed by atoms with van der Waals surface area (Å²) < 4.78 is 6.62. The van der Waals surface area contributed by atoms with Crippen molar-refractivity contribution in [1.82, 2.24) is 4.98 Å². The number of ether oxygens (including phenoxy) is 1. The highest BCUT2D eigenvalue weighted by molar-refractivity contribution is 7.22. The molecule has 0 saturated carbocycles. The third-order valence-corrected chi connectivity index (χ3v) is 5.83. The van der Waals surface area contributed by atoms with Gasteiger partial charge in [-0.25, -0.2) is 4.98 Å². The predicted octanol–water partition coefficient (Wildman–Crippen LogP) is 6.16. The summed E-state index contributed by atoms with van der Waals surface area (Å²) in [5.41, 5.74) is 4.75. The third kappa shape index (κ3) is 4.36. The van der Waals surface area contributed by atoms with Crippen LogP contribution < -0.4 is 9.64 Å². The molecule has 0 fully saturated rings. The number of thiazole rings is 1. The minimum atomic E-state index is -0.0465. The number of hydrogen-bond acceptors (Lipinski definition) is 4. The molecular formula is C25H24N2O2S. The molecule has 0 bridgehead atoms. The van der Waals surface area contributed by atoms with E-state index in [0.29, 0.717) is 23.8 Å². The number of nitrogens with zero attached hydrogens (tertiary/aromatic N) is 2. The number of carbonyl (C=O) groups is 1. The first-order chi connectivity index (χ1) is 14.5. The molecule has 0 atom stereocenters. The number of anilines is 1. The Labute approximate surface area is 180 Å². The van der Waals surface area contributed by atoms with E-state index in [-0.39, 0.29) is 5.91 Å². The fourth-order valence-electron chi connectivity index (χ4n) is 3.51. The van der Waals surface area contributed by atoms with E-state index in [2.05, 4.69) is 6.07 Å². The Kier molecular flexibility index (Phi) is 5.81. The Bertz CT molecular complexity index is 1160. The third-order valence-electron chi connectivity index (χ3n) is 4.79. The van der Waals surface area contributed by atoms with Crippen LogP contribution >= 0.6 is 11.3 Å². The highest BCUT2D eigenvalue weighted by Gasteiger charge is 2.22. The minimum Gasteiger partial charge on any atom is -0.494 e. The van der Waals surface area contributed by atoms with Crippen molar-refractivity contribution >= 4 is 32.6 Å². The van der Waals surface area contributed by atoms with E-state index in [0.717, 1.165) is 32.7 Å². The van der Waals surface area contributed by atoms with Gasteiger partial charge < -0.3 is 4.74 Å². The van der Waals surface area contributed by atoms with Crippen molar-refractivity contribution in [2.45, 2.75) is 27.3 Å². The molecule has 0 unspecified atom stereocenters. The minimum absolute atomic E-state index is 0.0465. The number of aryl methyl sites for hydroxylation is 2. The first-order valence-electron chi connectivity index (χ1n) is 10.0. The van der Waals surface area contributed by atoms with E-state index in [4.69, 9.17) is 9.72 Å². The zero-order valence-corrected chi connectivity index (χ0v) is 18.2. The molecule has 152 valence electrons. The molecule has 0 saturated heterocycles. The Hall–Kier alpha value is -3.18. The molecule has 1 aromatic heterocycles. The van der Waals surface area contributed by atoms with Crippen LogP contribution in [0.25, 0.3) is 10.2 Å². The monoisotopic (exact) mass is 416 g/mol. The van der Waals surface area contributed by atoms with Gasteiger partial charge in [0, 0.05) is 5.56 Å². The number of benzene rings is 3. The molecule has 5 heteroatoms. The Balaban J connectivity index is 1.76. The first-order valence-corrected chi connectivity index (χ1v) is 10.8. The molecule has 30 heavy (non-hydrogen) atoms. The summed E-state index contributed by atoms with van der Waals surface area (Å²) in [5.74, 6) is 0.769. The summed E-state index contributed by atoms with van der Waals surface area (Å²) in [4.78, 5) is 20.1. The lowest BCUT2D eigenvalue weighted by molar-refractivity contribution is 0.0985. The molecule has 4 nitrogen and oxygen atoms in total. The van der Waals surface area contributed by atoms with Crippen LogP contribution in [0.4, 0.5) is 5.13 Å². The van der Waals surface area contributed by atoms with Gasteiger partial charge in [0.25, 0.3) is 5.91 Å². The van der Waals surface area contributed by atoms with E-state index in [1.807, 2.05) is 81.4 Å². The predicted molar refractivity (Wildman–Crippen MR) is 124 cm³/mol. The van der Waals surface area contributed by atoms with Crippen LogP contribution in [0, 0.1) is 13.8 Å². The second kappa shape index (κ2) is 8.67. The second-order valence-corrected chi connectivity index (χ2v) is 8.32. The number of aromatic nitrogens is 1. The molecule has 0 radical (unpaired) electrons. The topological polar surface area (TPSA) is 42.4 Å². The molecule has 1 heterocycles. The van der Waals surface area contributed by atoms with Crippen molar-refractivity contribution in [1.29, 1.82) is 0 Å². The fourth-order valence-corrected chi connectivity index (χ4v) is 4.50. The van der Waals surface area contributed by atoms with Crippen LogP contribution in [0.3, 0.4) is 0 Å². The Morgan fingerprint density at radius 3 is 2.43 bits per heavy atom. The van der Waals surface area contributed by atoms with Gasteiger partial charge >= 0.3 is 0 Å². The first kappa shape index (κ1) is 20.1. The second-order valence-electron chi connectivity index (χ2n) is 7.31. The van der Waals surface area contributed by atoms with Gasteiger partial charge in [-0.1, -0.05) is 58.9 Å². The smallest absolute Gasteiger partial charge is 0.260 e. The fraction of sp³-hybridized carbons (Fsp3) is 0.200. The molecule has 4 rings (SSSR count). The van der Waals surface area contributed by atoms with E-state index in [9.17, 15) is 4.79 Å². The summed E-state index contributed by atoms with van der Waals surface area (Å²) in [6, 6.07) is 21.8. The van der Waals surface area contributed by atoms with Crippen molar-refractivity contribution in [3.8, 4) is 5.75 Å². The standard InChI is InChI=1S/C25H24N2O2S/c1-4-29-21-10-11-22-23(15-21)30-25(26-22)27(16-19-8-6-5-7-9-19)24(28)20-13-17(2)12-18(3)14-20/h5-15H,4,16H2,1-3H3. The van der Waals surface area contributed by atoms with E-state index in [1.165, 1.54) is 11.3 Å². The van der Waals surface area contributed by atoms with Crippen LogP contribution in [0.5, 0.6) is 5.75 Å². The lowest BCUT2D eigenvalue weighted by atomic mass is 10.1. The summed E-state index contributed by atoms with van der Waals surface area (Å²) >= 11 is 1.51. The summed E-state index contributed by atoms with van der Waals surface area (Å²) in [6.07, 6.45) is 0. The zero-order chi connectivity index (χ0) is 21.1. The lowest BCUT2D eigenvalue weighted by Gasteiger charge is -2.20. The summed E-state index contributed by atoms with van der Waals surface area (Å²) in [7, 11) is 0.